The molecule has 0 fully saturated rings. The highest BCUT2D eigenvalue weighted by Crippen LogP contribution is 2.14. The molecular formula is C12H17ClN2O4. The third kappa shape index (κ3) is 6.28. The fourth-order valence-corrected chi connectivity index (χ4v) is 1.34. The summed E-state index contributed by atoms with van der Waals surface area (Å²) in [5, 5.41) is 5.74. The maximum Gasteiger partial charge on any atom is 0.317 e. The Morgan fingerprint density at radius 1 is 1.21 bits per heavy atom. The van der Waals surface area contributed by atoms with Gasteiger partial charge in [0, 0.05) is 19.2 Å². The molecule has 0 atom stereocenters. The summed E-state index contributed by atoms with van der Waals surface area (Å²) < 4.78 is 15.2. The molecule has 19 heavy (non-hydrogen) atoms. The number of hydrogen-bond acceptors (Lipinski definition) is 4. The SMILES string of the molecule is COC(CNC(=O)NCOc1ccc(Cl)cc1)OC. The summed E-state index contributed by atoms with van der Waals surface area (Å²) in [6.45, 7) is 0.303. The van der Waals surface area contributed by atoms with Crippen molar-refractivity contribution in [1.29, 1.82) is 0 Å². The lowest BCUT2D eigenvalue weighted by molar-refractivity contribution is -0.0972. The first-order valence-electron chi connectivity index (χ1n) is 5.61. The molecule has 0 aliphatic carbocycles. The first-order valence-corrected chi connectivity index (χ1v) is 5.99. The maximum atomic E-state index is 11.4. The third-order valence-corrected chi connectivity index (χ3v) is 2.49. The fourth-order valence-electron chi connectivity index (χ4n) is 1.22. The van der Waals surface area contributed by atoms with Crippen LogP contribution in [-0.2, 0) is 9.47 Å². The predicted octanol–water partition coefficient (Wildman–Crippen LogP) is 1.59. The van der Waals surface area contributed by atoms with E-state index in [4.69, 9.17) is 25.8 Å². The van der Waals surface area contributed by atoms with Crippen LogP contribution in [0.4, 0.5) is 4.79 Å². The lowest BCUT2D eigenvalue weighted by Crippen LogP contribution is -2.42. The number of hydrogen-bond donors (Lipinski definition) is 2. The van der Waals surface area contributed by atoms with Crippen LogP contribution in [0.5, 0.6) is 5.75 Å². The van der Waals surface area contributed by atoms with Gasteiger partial charge in [0.1, 0.15) is 5.75 Å². The number of benzene rings is 1. The molecule has 0 heterocycles. The summed E-state index contributed by atoms with van der Waals surface area (Å²) >= 11 is 5.74. The quantitative estimate of drug-likeness (QED) is 0.748. The van der Waals surface area contributed by atoms with E-state index in [1.54, 1.807) is 24.3 Å². The van der Waals surface area contributed by atoms with Gasteiger partial charge < -0.3 is 24.8 Å². The zero-order valence-electron chi connectivity index (χ0n) is 10.8. The molecule has 1 rings (SSSR count). The van der Waals surface area contributed by atoms with Crippen LogP contribution < -0.4 is 15.4 Å². The van der Waals surface area contributed by atoms with Crippen LogP contribution in [0.25, 0.3) is 0 Å². The molecular weight excluding hydrogens is 272 g/mol. The number of carbonyl (C=O) groups is 1. The molecule has 0 bridgehead atoms. The first-order chi connectivity index (χ1) is 9.15. The molecule has 0 saturated heterocycles. The Hall–Kier alpha value is -1.50. The van der Waals surface area contributed by atoms with E-state index in [2.05, 4.69) is 10.6 Å². The molecule has 1 aromatic rings. The van der Waals surface area contributed by atoms with Crippen LogP contribution in [0.2, 0.25) is 5.02 Å². The lowest BCUT2D eigenvalue weighted by Gasteiger charge is -2.14. The van der Waals surface area contributed by atoms with Crippen molar-refractivity contribution in [3.8, 4) is 5.75 Å². The van der Waals surface area contributed by atoms with Gasteiger partial charge in [-0.3, -0.25) is 0 Å². The number of urea groups is 1. The van der Waals surface area contributed by atoms with E-state index in [9.17, 15) is 4.79 Å². The van der Waals surface area contributed by atoms with Crippen LogP contribution in [0.3, 0.4) is 0 Å². The molecule has 0 aromatic heterocycles. The average Bonchev–Trinajstić information content (AvgIpc) is 2.42. The van der Waals surface area contributed by atoms with Gasteiger partial charge in [0.15, 0.2) is 13.0 Å². The number of ether oxygens (including phenoxy) is 3. The number of carbonyl (C=O) groups excluding carboxylic acids is 1. The van der Waals surface area contributed by atoms with Crippen LogP contribution in [0.15, 0.2) is 24.3 Å². The number of halogens is 1. The van der Waals surface area contributed by atoms with E-state index in [0.717, 1.165) is 0 Å². The summed E-state index contributed by atoms with van der Waals surface area (Å²) in [6.07, 6.45) is -0.470. The molecule has 2 amide bonds. The highest BCUT2D eigenvalue weighted by molar-refractivity contribution is 6.30. The Labute approximate surface area is 117 Å². The van der Waals surface area contributed by atoms with Gasteiger partial charge >= 0.3 is 6.03 Å². The minimum absolute atomic E-state index is 0.0537. The zero-order chi connectivity index (χ0) is 14.1. The number of nitrogens with one attached hydrogen (secondary N) is 2. The Balaban J connectivity index is 2.18. The summed E-state index contributed by atoms with van der Waals surface area (Å²) in [5.74, 6) is 0.622. The van der Waals surface area contributed by atoms with E-state index >= 15 is 0 Å². The topological polar surface area (TPSA) is 68.8 Å². The smallest absolute Gasteiger partial charge is 0.317 e. The van der Waals surface area contributed by atoms with Crippen LogP contribution in [-0.4, -0.2) is 39.8 Å². The molecule has 0 aliphatic heterocycles. The van der Waals surface area contributed by atoms with E-state index < -0.39 is 6.29 Å². The Bertz CT molecular complexity index is 382. The largest absolute Gasteiger partial charge is 0.473 e. The predicted molar refractivity (Wildman–Crippen MR) is 71.3 cm³/mol. The zero-order valence-corrected chi connectivity index (χ0v) is 11.6. The van der Waals surface area contributed by atoms with E-state index in [0.29, 0.717) is 10.8 Å². The standard InChI is InChI=1S/C12H17ClN2O4/c1-17-11(18-2)7-14-12(16)15-8-19-10-5-3-9(13)4-6-10/h3-6,11H,7-8H2,1-2H3,(H2,14,15,16). The number of amides is 2. The molecule has 106 valence electrons. The van der Waals surface area contributed by atoms with Crippen LogP contribution in [0.1, 0.15) is 0 Å². The maximum absolute atomic E-state index is 11.4. The minimum atomic E-state index is -0.470. The van der Waals surface area contributed by atoms with E-state index in [-0.39, 0.29) is 19.3 Å². The summed E-state index contributed by atoms with van der Waals surface area (Å²) in [5.41, 5.74) is 0. The van der Waals surface area contributed by atoms with Gasteiger partial charge in [-0.05, 0) is 24.3 Å². The van der Waals surface area contributed by atoms with Crippen LogP contribution >= 0.6 is 11.6 Å². The molecule has 0 saturated carbocycles. The molecule has 0 aliphatic rings. The summed E-state index contributed by atoms with van der Waals surface area (Å²) in [4.78, 5) is 11.4. The highest BCUT2D eigenvalue weighted by atomic mass is 35.5. The third-order valence-electron chi connectivity index (χ3n) is 2.24. The van der Waals surface area contributed by atoms with Crippen molar-refractivity contribution in [2.24, 2.45) is 0 Å². The normalized spacial score (nSPS) is 10.3. The molecule has 0 radical (unpaired) electrons. The van der Waals surface area contributed by atoms with Gasteiger partial charge in [-0.25, -0.2) is 4.79 Å². The van der Waals surface area contributed by atoms with Crippen molar-refractivity contribution >= 4 is 17.6 Å². The molecule has 7 heteroatoms. The van der Waals surface area contributed by atoms with Gasteiger partial charge in [-0.15, -0.1) is 0 Å². The van der Waals surface area contributed by atoms with E-state index in [1.165, 1.54) is 14.2 Å². The van der Waals surface area contributed by atoms with Gasteiger partial charge in [0.2, 0.25) is 0 Å². The molecule has 2 N–H and O–H groups in total. The number of rotatable bonds is 7. The first kappa shape index (κ1) is 15.6. The van der Waals surface area contributed by atoms with Crippen LogP contribution in [0, 0.1) is 0 Å². The summed E-state index contributed by atoms with van der Waals surface area (Å²) in [6, 6.07) is 6.48. The Morgan fingerprint density at radius 3 is 2.42 bits per heavy atom. The average molecular weight is 289 g/mol. The Kier molecular flexibility index (Phi) is 7.02. The van der Waals surface area contributed by atoms with Crippen molar-refractivity contribution < 1.29 is 19.0 Å². The fraction of sp³-hybridized carbons (Fsp3) is 0.417. The molecule has 6 nitrogen and oxygen atoms in total. The molecule has 1 aromatic carbocycles. The second-order valence-electron chi connectivity index (χ2n) is 3.53. The number of methoxy groups -OCH3 is 2. The summed E-state index contributed by atoms with van der Waals surface area (Å²) in [7, 11) is 2.99. The molecule has 0 unspecified atom stereocenters. The second-order valence-corrected chi connectivity index (χ2v) is 3.97. The highest BCUT2D eigenvalue weighted by Gasteiger charge is 2.07. The van der Waals surface area contributed by atoms with Gasteiger partial charge in [-0.1, -0.05) is 11.6 Å². The van der Waals surface area contributed by atoms with Crippen molar-refractivity contribution in [1.82, 2.24) is 10.6 Å². The van der Waals surface area contributed by atoms with Crippen molar-refractivity contribution in [2.45, 2.75) is 6.29 Å². The van der Waals surface area contributed by atoms with Crippen molar-refractivity contribution in [2.75, 3.05) is 27.5 Å². The van der Waals surface area contributed by atoms with Crippen molar-refractivity contribution in [3.63, 3.8) is 0 Å². The van der Waals surface area contributed by atoms with E-state index in [1.807, 2.05) is 0 Å². The molecule has 0 spiro atoms. The monoisotopic (exact) mass is 288 g/mol. The van der Waals surface area contributed by atoms with Gasteiger partial charge in [0.25, 0.3) is 0 Å². The Morgan fingerprint density at radius 2 is 1.84 bits per heavy atom. The van der Waals surface area contributed by atoms with Gasteiger partial charge in [0.05, 0.1) is 6.54 Å². The minimum Gasteiger partial charge on any atom is -0.473 e. The lowest BCUT2D eigenvalue weighted by atomic mass is 10.3. The van der Waals surface area contributed by atoms with Crippen molar-refractivity contribution in [3.05, 3.63) is 29.3 Å². The van der Waals surface area contributed by atoms with Gasteiger partial charge in [-0.2, -0.15) is 0 Å². The second kappa shape index (κ2) is 8.58.